The van der Waals surface area contributed by atoms with Crippen LogP contribution < -0.4 is 9.62 Å². The minimum atomic E-state index is -1.16. The maximum Gasteiger partial charge on any atom is 0.230 e. The molecule has 2 aromatic heterocycles. The molecule has 0 amide bonds. The van der Waals surface area contributed by atoms with Crippen molar-refractivity contribution in [2.45, 2.75) is 50.8 Å². The molecule has 10 heteroatoms. The molecule has 0 saturated carbocycles. The smallest absolute Gasteiger partial charge is 0.230 e. The average Bonchev–Trinajstić information content (AvgIpc) is 3.44. The molecule has 198 valence electrons. The van der Waals surface area contributed by atoms with Crippen LogP contribution in [0.2, 0.25) is 10.0 Å². The third-order valence-corrected chi connectivity index (χ3v) is 10.0. The molecule has 38 heavy (non-hydrogen) atoms. The Morgan fingerprint density at radius 3 is 2.61 bits per heavy atom. The van der Waals surface area contributed by atoms with E-state index >= 15 is 0 Å². The third kappa shape index (κ3) is 4.51. The van der Waals surface area contributed by atoms with Gasteiger partial charge in [0.15, 0.2) is 5.58 Å². The molecule has 7 nitrogen and oxygen atoms in total. The first kappa shape index (κ1) is 25.7. The summed E-state index contributed by atoms with van der Waals surface area (Å²) in [5, 5.41) is 0.831. The van der Waals surface area contributed by atoms with Crippen LogP contribution >= 0.6 is 23.2 Å². The number of fused-ring (bicyclic) bond motifs is 2. The topological polar surface area (TPSA) is 84.2 Å². The molecule has 1 fully saturated rings. The Morgan fingerprint density at radius 2 is 1.84 bits per heavy atom. The lowest BCUT2D eigenvalue weighted by molar-refractivity contribution is 0.177. The Bertz CT molecular complexity index is 1540. The largest absolute Gasteiger partial charge is 0.433 e. The third-order valence-electron chi connectivity index (χ3n) is 7.66. The Labute approximate surface area is 234 Å². The van der Waals surface area contributed by atoms with Crippen molar-refractivity contribution in [3.05, 3.63) is 69.8 Å². The lowest BCUT2D eigenvalue weighted by Gasteiger charge is -2.44. The zero-order chi connectivity index (χ0) is 26.7. The highest BCUT2D eigenvalue weighted by atomic mass is 35.5. The number of nitrogens with zero attached hydrogens (tertiary/aromatic N) is 4. The molecule has 3 heterocycles. The predicted octanol–water partition coefficient (Wildman–Crippen LogP) is 6.53. The summed E-state index contributed by atoms with van der Waals surface area (Å²) >= 11 is 12.5. The lowest BCUT2D eigenvalue weighted by atomic mass is 9.73. The molecule has 1 spiro atoms. The van der Waals surface area contributed by atoms with E-state index in [9.17, 15) is 4.21 Å². The van der Waals surface area contributed by atoms with E-state index in [1.807, 2.05) is 26.8 Å². The molecule has 1 unspecified atom stereocenters. The van der Waals surface area contributed by atoms with Gasteiger partial charge in [0.25, 0.3) is 0 Å². The minimum absolute atomic E-state index is 0.00438. The summed E-state index contributed by atoms with van der Waals surface area (Å²) in [5.41, 5.74) is 4.20. The first-order valence-electron chi connectivity index (χ1n) is 12.7. The van der Waals surface area contributed by atoms with Crippen LogP contribution in [0.5, 0.6) is 0 Å². The fourth-order valence-corrected chi connectivity index (χ4v) is 6.87. The maximum atomic E-state index is 13.1. The lowest BCUT2D eigenvalue weighted by Crippen LogP contribution is -2.48. The number of halogens is 2. The van der Waals surface area contributed by atoms with Crippen molar-refractivity contribution >= 4 is 51.4 Å². The highest BCUT2D eigenvalue weighted by Gasteiger charge is 2.49. The molecule has 1 saturated heterocycles. The summed E-state index contributed by atoms with van der Waals surface area (Å²) in [7, 11) is -1.16. The highest BCUT2D eigenvalue weighted by Crippen LogP contribution is 2.52. The van der Waals surface area contributed by atoms with E-state index in [0.717, 1.165) is 32.4 Å². The van der Waals surface area contributed by atoms with Crippen molar-refractivity contribution < 1.29 is 8.63 Å². The van der Waals surface area contributed by atoms with Gasteiger partial charge in [-0.2, -0.15) is 9.97 Å². The molecule has 2 aromatic carbocycles. The zero-order valence-electron chi connectivity index (χ0n) is 21.5. The Morgan fingerprint density at radius 1 is 1.08 bits per heavy atom. The quantitative estimate of drug-likeness (QED) is 0.301. The molecule has 0 bridgehead atoms. The van der Waals surface area contributed by atoms with Crippen LogP contribution in [0.15, 0.2) is 53.1 Å². The van der Waals surface area contributed by atoms with Gasteiger partial charge in [-0.1, -0.05) is 53.5 Å². The van der Waals surface area contributed by atoms with Crippen molar-refractivity contribution in [1.29, 1.82) is 0 Å². The van der Waals surface area contributed by atoms with Crippen LogP contribution in [0.25, 0.3) is 22.7 Å². The molecule has 2 atom stereocenters. The van der Waals surface area contributed by atoms with Gasteiger partial charge >= 0.3 is 0 Å². The number of hydrogen-bond acceptors (Lipinski definition) is 6. The number of aromatic nitrogens is 3. The van der Waals surface area contributed by atoms with Gasteiger partial charge in [-0.15, -0.1) is 0 Å². The Balaban J connectivity index is 1.24. The van der Waals surface area contributed by atoms with Gasteiger partial charge in [-0.05, 0) is 68.7 Å². The number of rotatable bonds is 4. The van der Waals surface area contributed by atoms with Crippen molar-refractivity contribution in [3.63, 3.8) is 0 Å². The van der Waals surface area contributed by atoms with E-state index < -0.39 is 11.0 Å². The van der Waals surface area contributed by atoms with Gasteiger partial charge in [-0.25, -0.2) is 13.9 Å². The second kappa shape index (κ2) is 9.59. The van der Waals surface area contributed by atoms with Crippen molar-refractivity contribution in [2.24, 2.45) is 5.41 Å². The number of anilines is 1. The van der Waals surface area contributed by atoms with E-state index in [0.29, 0.717) is 38.7 Å². The van der Waals surface area contributed by atoms with Crippen LogP contribution in [-0.4, -0.2) is 37.0 Å². The molecular formula is C28H29Cl2N5O2S. The SMILES string of the molecule is CC(C)(C)S(=O)N[C@@H]1c2ccccc2CC12CCN(c1ncc3oc(-c4cccc(Cl)c4Cl)nc3n1)CC2. The van der Waals surface area contributed by atoms with Crippen LogP contribution in [-0.2, 0) is 17.4 Å². The van der Waals surface area contributed by atoms with Crippen LogP contribution in [0, 0.1) is 5.41 Å². The van der Waals surface area contributed by atoms with Gasteiger partial charge in [-0.3, -0.25) is 0 Å². The second-order valence-corrected chi connectivity index (χ2v) is 13.9. The highest BCUT2D eigenvalue weighted by molar-refractivity contribution is 7.84. The summed E-state index contributed by atoms with van der Waals surface area (Å²) < 4.78 is 22.2. The fraction of sp³-hybridized carbons (Fsp3) is 0.393. The first-order chi connectivity index (χ1) is 18.1. The monoisotopic (exact) mass is 569 g/mol. The van der Waals surface area contributed by atoms with Crippen molar-refractivity contribution in [3.8, 4) is 11.5 Å². The maximum absolute atomic E-state index is 13.1. The molecule has 2 aliphatic rings. The predicted molar refractivity (Wildman–Crippen MR) is 153 cm³/mol. The van der Waals surface area contributed by atoms with Crippen molar-refractivity contribution in [2.75, 3.05) is 18.0 Å². The standard InChI is InChI=1S/C28H29Cl2N5O2S/c1-27(2,3)38(36)34-23-18-8-5-4-7-17(18)15-28(23)11-13-35(14-12-28)26-31-16-21-24(33-26)32-25(37-21)19-9-6-10-20(29)22(19)30/h4-10,16,23,34H,11-15H2,1-3H3/t23-,38?/m1/s1. The zero-order valence-corrected chi connectivity index (χ0v) is 23.8. The second-order valence-electron chi connectivity index (χ2n) is 11.1. The number of nitrogens with one attached hydrogen (secondary N) is 1. The van der Waals surface area contributed by atoms with E-state index in [4.69, 9.17) is 32.6 Å². The van der Waals surface area contributed by atoms with Gasteiger partial charge in [0.1, 0.15) is 0 Å². The summed E-state index contributed by atoms with van der Waals surface area (Å²) in [6.07, 6.45) is 4.51. The van der Waals surface area contributed by atoms with Crippen LogP contribution in [0.1, 0.15) is 50.8 Å². The normalized spacial score (nSPS) is 19.7. The number of benzene rings is 2. The number of oxazole rings is 1. The fourth-order valence-electron chi connectivity index (χ4n) is 5.54. The van der Waals surface area contributed by atoms with Gasteiger partial charge in [0, 0.05) is 13.1 Å². The molecular weight excluding hydrogens is 541 g/mol. The molecule has 0 radical (unpaired) electrons. The van der Waals surface area contributed by atoms with Gasteiger partial charge < -0.3 is 9.32 Å². The minimum Gasteiger partial charge on any atom is -0.433 e. The number of hydrogen-bond donors (Lipinski definition) is 1. The summed E-state index contributed by atoms with van der Waals surface area (Å²) in [6, 6.07) is 13.9. The van der Waals surface area contributed by atoms with E-state index in [1.54, 1.807) is 18.3 Å². The molecule has 6 rings (SSSR count). The Kier molecular flexibility index (Phi) is 6.50. The summed E-state index contributed by atoms with van der Waals surface area (Å²) in [4.78, 5) is 16.1. The van der Waals surface area contributed by atoms with E-state index in [2.05, 4.69) is 43.9 Å². The van der Waals surface area contributed by atoms with E-state index in [1.165, 1.54) is 11.1 Å². The molecule has 1 aliphatic carbocycles. The van der Waals surface area contributed by atoms with Gasteiger partial charge in [0.2, 0.25) is 17.5 Å². The number of piperidine rings is 1. The Hall–Kier alpha value is -2.52. The van der Waals surface area contributed by atoms with Crippen molar-refractivity contribution in [1.82, 2.24) is 19.7 Å². The summed E-state index contributed by atoms with van der Waals surface area (Å²) in [5.74, 6) is 0.990. The molecule has 1 aliphatic heterocycles. The molecule has 1 N–H and O–H groups in total. The van der Waals surface area contributed by atoms with Crippen LogP contribution in [0.4, 0.5) is 5.95 Å². The average molecular weight is 571 g/mol. The van der Waals surface area contributed by atoms with Gasteiger partial charge in [0.05, 0.1) is 43.6 Å². The summed E-state index contributed by atoms with van der Waals surface area (Å²) in [6.45, 7) is 7.62. The van der Waals surface area contributed by atoms with Crippen LogP contribution in [0.3, 0.4) is 0 Å². The molecule has 4 aromatic rings. The first-order valence-corrected chi connectivity index (χ1v) is 14.6. The van der Waals surface area contributed by atoms with E-state index in [-0.39, 0.29) is 16.2 Å².